The number of nitrogens with zero attached hydrogens (tertiary/aromatic N) is 3. The van der Waals surface area contributed by atoms with Crippen LogP contribution in [0.4, 0.5) is 9.93 Å². The Balaban J connectivity index is 2.08. The average Bonchev–Trinajstić information content (AvgIpc) is 2.99. The third-order valence-corrected chi connectivity index (χ3v) is 3.42. The monoisotopic (exact) mass is 308 g/mol. The number of methoxy groups -OCH3 is 2. The lowest BCUT2D eigenvalue weighted by Crippen LogP contribution is -2.31. The highest BCUT2D eigenvalue weighted by Crippen LogP contribution is 2.31. The SMILES string of the molecule is COc1cccc(CN(C)C(=O)Nc2nncs2)c1OC. The van der Waals surface area contributed by atoms with Gasteiger partial charge in [-0.25, -0.2) is 4.79 Å². The van der Waals surface area contributed by atoms with E-state index in [-0.39, 0.29) is 6.03 Å². The molecule has 1 heterocycles. The maximum atomic E-state index is 12.1. The molecule has 2 rings (SSSR count). The molecule has 1 N–H and O–H groups in total. The Morgan fingerprint density at radius 1 is 1.38 bits per heavy atom. The van der Waals surface area contributed by atoms with E-state index in [4.69, 9.17) is 9.47 Å². The molecule has 2 aromatic rings. The van der Waals surface area contributed by atoms with Crippen molar-refractivity contribution in [2.75, 3.05) is 26.6 Å². The van der Waals surface area contributed by atoms with Crippen LogP contribution in [-0.4, -0.2) is 42.4 Å². The van der Waals surface area contributed by atoms with Crippen LogP contribution in [0, 0.1) is 0 Å². The first kappa shape index (κ1) is 15.0. The summed E-state index contributed by atoms with van der Waals surface area (Å²) in [6.45, 7) is 0.380. The van der Waals surface area contributed by atoms with Gasteiger partial charge in [0.15, 0.2) is 11.5 Å². The van der Waals surface area contributed by atoms with Crippen molar-refractivity contribution in [3.63, 3.8) is 0 Å². The molecule has 1 aromatic heterocycles. The van der Waals surface area contributed by atoms with E-state index < -0.39 is 0 Å². The number of carbonyl (C=O) groups is 1. The molecule has 0 atom stereocenters. The van der Waals surface area contributed by atoms with Gasteiger partial charge in [-0.15, -0.1) is 10.2 Å². The number of aromatic nitrogens is 2. The van der Waals surface area contributed by atoms with E-state index in [0.717, 1.165) is 5.56 Å². The molecule has 112 valence electrons. The number of hydrogen-bond acceptors (Lipinski definition) is 6. The summed E-state index contributed by atoms with van der Waals surface area (Å²) in [6.07, 6.45) is 0. The third kappa shape index (κ3) is 3.60. The molecule has 0 bridgehead atoms. The fourth-order valence-corrected chi connectivity index (χ4v) is 2.25. The first-order valence-electron chi connectivity index (χ1n) is 6.14. The summed E-state index contributed by atoms with van der Waals surface area (Å²) in [5.41, 5.74) is 2.41. The summed E-state index contributed by atoms with van der Waals surface area (Å²) in [4.78, 5) is 13.6. The van der Waals surface area contributed by atoms with E-state index in [1.165, 1.54) is 16.2 Å². The number of urea groups is 1. The fraction of sp³-hybridized carbons (Fsp3) is 0.308. The summed E-state index contributed by atoms with van der Waals surface area (Å²) in [5.74, 6) is 1.25. The largest absolute Gasteiger partial charge is 0.493 e. The zero-order valence-electron chi connectivity index (χ0n) is 12.0. The lowest BCUT2D eigenvalue weighted by Gasteiger charge is -2.19. The van der Waals surface area contributed by atoms with Gasteiger partial charge in [0.25, 0.3) is 0 Å². The molecular formula is C13H16N4O3S. The van der Waals surface area contributed by atoms with Gasteiger partial charge in [-0.1, -0.05) is 23.5 Å². The lowest BCUT2D eigenvalue weighted by molar-refractivity contribution is 0.220. The molecular weight excluding hydrogens is 292 g/mol. The Morgan fingerprint density at radius 2 is 2.19 bits per heavy atom. The van der Waals surface area contributed by atoms with Crippen molar-refractivity contribution >= 4 is 22.5 Å². The Kier molecular flexibility index (Phi) is 4.94. The molecule has 0 unspecified atom stereocenters. The van der Waals surface area contributed by atoms with Crippen LogP contribution >= 0.6 is 11.3 Å². The second-order valence-electron chi connectivity index (χ2n) is 4.18. The number of rotatable bonds is 5. The number of nitrogens with one attached hydrogen (secondary N) is 1. The molecule has 21 heavy (non-hydrogen) atoms. The zero-order valence-corrected chi connectivity index (χ0v) is 12.8. The van der Waals surface area contributed by atoms with Gasteiger partial charge in [-0.2, -0.15) is 0 Å². The molecule has 0 fully saturated rings. The summed E-state index contributed by atoms with van der Waals surface area (Å²) < 4.78 is 10.6. The zero-order chi connectivity index (χ0) is 15.2. The molecule has 0 radical (unpaired) electrons. The third-order valence-electron chi connectivity index (χ3n) is 2.81. The van der Waals surface area contributed by atoms with Crippen LogP contribution in [0.2, 0.25) is 0 Å². The summed E-state index contributed by atoms with van der Waals surface area (Å²) in [6, 6.07) is 5.28. The van der Waals surface area contributed by atoms with Gasteiger partial charge < -0.3 is 14.4 Å². The lowest BCUT2D eigenvalue weighted by atomic mass is 10.1. The topological polar surface area (TPSA) is 76.6 Å². The number of carbonyl (C=O) groups excluding carboxylic acids is 1. The van der Waals surface area contributed by atoms with Gasteiger partial charge in [-0.3, -0.25) is 5.32 Å². The number of amides is 2. The highest BCUT2D eigenvalue weighted by atomic mass is 32.1. The summed E-state index contributed by atoms with van der Waals surface area (Å²) in [7, 11) is 4.84. The van der Waals surface area contributed by atoms with Gasteiger partial charge in [0.1, 0.15) is 5.51 Å². The molecule has 2 amide bonds. The number of ether oxygens (including phenoxy) is 2. The van der Waals surface area contributed by atoms with Crippen LogP contribution in [0.25, 0.3) is 0 Å². The van der Waals surface area contributed by atoms with E-state index in [2.05, 4.69) is 15.5 Å². The second kappa shape index (κ2) is 6.89. The van der Waals surface area contributed by atoms with Gasteiger partial charge in [0, 0.05) is 12.6 Å². The first-order chi connectivity index (χ1) is 10.2. The van der Waals surface area contributed by atoms with E-state index in [1.807, 2.05) is 18.2 Å². The minimum absolute atomic E-state index is 0.267. The fourth-order valence-electron chi connectivity index (χ4n) is 1.82. The predicted octanol–water partition coefficient (Wildman–Crippen LogP) is 2.22. The molecule has 0 aliphatic heterocycles. The number of para-hydroxylation sites is 1. The Labute approximate surface area is 126 Å². The van der Waals surface area contributed by atoms with Crippen molar-refractivity contribution in [2.24, 2.45) is 0 Å². The molecule has 0 aliphatic rings. The minimum atomic E-state index is -0.267. The molecule has 0 saturated carbocycles. The van der Waals surface area contributed by atoms with Crippen LogP contribution in [0.1, 0.15) is 5.56 Å². The van der Waals surface area contributed by atoms with Crippen molar-refractivity contribution in [2.45, 2.75) is 6.54 Å². The van der Waals surface area contributed by atoms with Crippen molar-refractivity contribution in [3.05, 3.63) is 29.3 Å². The minimum Gasteiger partial charge on any atom is -0.493 e. The van der Waals surface area contributed by atoms with E-state index in [9.17, 15) is 4.79 Å². The van der Waals surface area contributed by atoms with Crippen LogP contribution in [-0.2, 0) is 6.54 Å². The Morgan fingerprint density at radius 3 is 2.81 bits per heavy atom. The van der Waals surface area contributed by atoms with Crippen molar-refractivity contribution in [1.82, 2.24) is 15.1 Å². The number of anilines is 1. The maximum absolute atomic E-state index is 12.1. The maximum Gasteiger partial charge on any atom is 0.323 e. The first-order valence-corrected chi connectivity index (χ1v) is 7.01. The molecule has 7 nitrogen and oxygen atoms in total. The molecule has 8 heteroatoms. The van der Waals surface area contributed by atoms with E-state index >= 15 is 0 Å². The smallest absolute Gasteiger partial charge is 0.323 e. The van der Waals surface area contributed by atoms with Gasteiger partial charge in [0.2, 0.25) is 5.13 Å². The van der Waals surface area contributed by atoms with Crippen molar-refractivity contribution in [1.29, 1.82) is 0 Å². The normalized spacial score (nSPS) is 10.0. The molecule has 0 spiro atoms. The van der Waals surface area contributed by atoms with Crippen LogP contribution < -0.4 is 14.8 Å². The van der Waals surface area contributed by atoms with Gasteiger partial charge in [-0.05, 0) is 6.07 Å². The molecule has 0 saturated heterocycles. The van der Waals surface area contributed by atoms with Crippen molar-refractivity contribution < 1.29 is 14.3 Å². The van der Waals surface area contributed by atoms with Crippen molar-refractivity contribution in [3.8, 4) is 11.5 Å². The quantitative estimate of drug-likeness (QED) is 0.916. The Bertz CT molecular complexity index is 603. The average molecular weight is 308 g/mol. The van der Waals surface area contributed by atoms with E-state index in [0.29, 0.717) is 23.2 Å². The highest BCUT2D eigenvalue weighted by molar-refractivity contribution is 7.13. The predicted molar refractivity (Wildman–Crippen MR) is 79.9 cm³/mol. The molecule has 1 aromatic carbocycles. The standard InChI is InChI=1S/C13H16N4O3S/c1-17(13(18)15-12-16-14-8-21-12)7-9-5-4-6-10(19-2)11(9)20-3/h4-6,8H,7H2,1-3H3,(H,15,16,18). The van der Waals surface area contributed by atoms with Gasteiger partial charge >= 0.3 is 6.03 Å². The Hall–Kier alpha value is -2.35. The van der Waals surface area contributed by atoms with Gasteiger partial charge in [0.05, 0.1) is 20.8 Å². The van der Waals surface area contributed by atoms with Crippen LogP contribution in [0.3, 0.4) is 0 Å². The molecule has 0 aliphatic carbocycles. The van der Waals surface area contributed by atoms with E-state index in [1.54, 1.807) is 26.8 Å². The second-order valence-corrected chi connectivity index (χ2v) is 5.02. The van der Waals surface area contributed by atoms with Crippen LogP contribution in [0.15, 0.2) is 23.7 Å². The van der Waals surface area contributed by atoms with Crippen LogP contribution in [0.5, 0.6) is 11.5 Å². The number of benzene rings is 1. The summed E-state index contributed by atoms with van der Waals surface area (Å²) >= 11 is 1.26. The number of hydrogen-bond donors (Lipinski definition) is 1. The highest BCUT2D eigenvalue weighted by Gasteiger charge is 2.15. The summed E-state index contributed by atoms with van der Waals surface area (Å²) in [5, 5.41) is 10.6.